The highest BCUT2D eigenvalue weighted by molar-refractivity contribution is 6.98. The first-order valence-electron chi connectivity index (χ1n) is 20.5. The number of rotatable bonds is 6. The van der Waals surface area contributed by atoms with Gasteiger partial charge in [-0.05, 0) is 122 Å². The number of nitrogens with zero attached hydrogens (tertiary/aromatic N) is 4. The van der Waals surface area contributed by atoms with Crippen molar-refractivity contribution >= 4 is 46.1 Å². The SMILES string of the molecule is CC1(C)CN(c2ccccc2)C(c2cccc(-c3ccc4c(c3)Oc3cccc5c3B4c3ccc(-c4cccc(C6=NC(C)(C)CN6c6ccccc6)c4)cc3O5)c2)=N1. The molecule has 0 aliphatic carbocycles. The molecule has 7 aromatic carbocycles. The molecule has 0 N–H and O–H groups in total. The Bertz CT molecular complexity index is 2680. The van der Waals surface area contributed by atoms with Gasteiger partial charge in [0.1, 0.15) is 34.7 Å². The standard InChI is InChI=1S/C52H43BN4O2/c1-51(2)32-56(40-18-7-5-8-19-40)49(54-51)38-16-11-14-34(28-38)36-24-26-42-46(30-36)58-44-22-13-23-45-48(44)53(42)43-27-25-37(31-47(43)59-45)35-15-12-17-39(29-35)50-55-52(3,4)33-57(50)41-20-9-6-10-21-41/h5-31H,32-33H2,1-4H3. The van der Waals surface area contributed by atoms with Crippen molar-refractivity contribution in [2.45, 2.75) is 38.8 Å². The predicted molar refractivity (Wildman–Crippen MR) is 244 cm³/mol. The number of hydrogen-bond acceptors (Lipinski definition) is 6. The highest BCUT2D eigenvalue weighted by Crippen LogP contribution is 2.38. The Morgan fingerprint density at radius 1 is 0.424 bits per heavy atom. The van der Waals surface area contributed by atoms with Gasteiger partial charge in [0, 0.05) is 41.1 Å². The molecule has 0 spiro atoms. The number of aliphatic imine (C=N–C) groups is 2. The summed E-state index contributed by atoms with van der Waals surface area (Å²) in [6.07, 6.45) is 0. The van der Waals surface area contributed by atoms with E-state index in [1.165, 1.54) is 0 Å². The summed E-state index contributed by atoms with van der Waals surface area (Å²) in [6.45, 7) is 10.4. The van der Waals surface area contributed by atoms with Gasteiger partial charge in [0.2, 0.25) is 0 Å². The smallest absolute Gasteiger partial charge is 0.260 e. The summed E-state index contributed by atoms with van der Waals surface area (Å²) in [5.41, 5.74) is 11.9. The summed E-state index contributed by atoms with van der Waals surface area (Å²) in [7, 11) is 0. The van der Waals surface area contributed by atoms with Crippen LogP contribution >= 0.6 is 0 Å². The normalized spacial score (nSPS) is 16.6. The molecule has 0 amide bonds. The molecule has 4 aliphatic rings. The molecule has 4 aliphatic heterocycles. The van der Waals surface area contributed by atoms with Gasteiger partial charge in [0.05, 0.1) is 11.1 Å². The summed E-state index contributed by atoms with van der Waals surface area (Å²) in [6, 6.07) is 58.0. The van der Waals surface area contributed by atoms with Gasteiger partial charge in [-0.25, -0.2) is 0 Å². The van der Waals surface area contributed by atoms with E-state index < -0.39 is 0 Å². The molecule has 7 aromatic rings. The third kappa shape index (κ3) is 6.20. The van der Waals surface area contributed by atoms with Gasteiger partial charge < -0.3 is 19.3 Å². The first-order chi connectivity index (χ1) is 28.7. The van der Waals surface area contributed by atoms with Gasteiger partial charge in [-0.3, -0.25) is 9.98 Å². The zero-order chi connectivity index (χ0) is 39.9. The number of benzene rings is 7. The highest BCUT2D eigenvalue weighted by atomic mass is 16.5. The molecule has 4 heterocycles. The summed E-state index contributed by atoms with van der Waals surface area (Å²) in [4.78, 5) is 15.1. The van der Waals surface area contributed by atoms with Gasteiger partial charge in [-0.1, -0.05) is 103 Å². The minimum absolute atomic E-state index is 0.0292. The Labute approximate surface area is 346 Å². The summed E-state index contributed by atoms with van der Waals surface area (Å²) < 4.78 is 13.4. The fourth-order valence-corrected chi connectivity index (χ4v) is 9.23. The van der Waals surface area contributed by atoms with Crippen LogP contribution in [0.5, 0.6) is 23.0 Å². The summed E-state index contributed by atoms with van der Waals surface area (Å²) in [5.74, 6) is 5.37. The fourth-order valence-electron chi connectivity index (χ4n) is 9.23. The van der Waals surface area contributed by atoms with E-state index in [2.05, 4.69) is 195 Å². The van der Waals surface area contributed by atoms with E-state index in [-0.39, 0.29) is 17.8 Å². The largest absolute Gasteiger partial charge is 0.458 e. The second kappa shape index (κ2) is 13.4. The Morgan fingerprint density at radius 3 is 1.29 bits per heavy atom. The highest BCUT2D eigenvalue weighted by Gasteiger charge is 2.40. The minimum atomic E-state index is -0.190. The molecule has 0 atom stereocenters. The van der Waals surface area contributed by atoms with Crippen LogP contribution in [0.4, 0.5) is 11.4 Å². The van der Waals surface area contributed by atoms with E-state index in [1.54, 1.807) is 0 Å². The number of hydrogen-bond donors (Lipinski definition) is 0. The van der Waals surface area contributed by atoms with Crippen molar-refractivity contribution in [3.05, 3.63) is 175 Å². The lowest BCUT2D eigenvalue weighted by Gasteiger charge is -2.33. The maximum absolute atomic E-state index is 6.72. The van der Waals surface area contributed by atoms with Crippen molar-refractivity contribution in [3.63, 3.8) is 0 Å². The Morgan fingerprint density at radius 2 is 0.831 bits per heavy atom. The van der Waals surface area contributed by atoms with Crippen LogP contribution in [0.3, 0.4) is 0 Å². The second-order valence-corrected chi connectivity index (χ2v) is 17.3. The van der Waals surface area contributed by atoms with Gasteiger partial charge in [-0.2, -0.15) is 0 Å². The minimum Gasteiger partial charge on any atom is -0.458 e. The first kappa shape index (κ1) is 35.3. The molecule has 0 saturated heterocycles. The summed E-state index contributed by atoms with van der Waals surface area (Å²) in [5, 5.41) is 0. The molecule has 0 radical (unpaired) electrons. The molecular weight excluding hydrogens is 723 g/mol. The quantitative estimate of drug-likeness (QED) is 0.158. The van der Waals surface area contributed by atoms with Crippen LogP contribution in [0.1, 0.15) is 38.8 Å². The third-order valence-corrected chi connectivity index (χ3v) is 11.9. The zero-order valence-corrected chi connectivity index (χ0v) is 33.7. The molecule has 7 heteroatoms. The summed E-state index contributed by atoms with van der Waals surface area (Å²) >= 11 is 0. The number of para-hydroxylation sites is 2. The number of anilines is 2. The van der Waals surface area contributed by atoms with Crippen molar-refractivity contribution in [2.24, 2.45) is 9.98 Å². The number of amidine groups is 2. The van der Waals surface area contributed by atoms with Crippen LogP contribution < -0.4 is 35.7 Å². The first-order valence-corrected chi connectivity index (χ1v) is 20.5. The third-order valence-electron chi connectivity index (χ3n) is 11.9. The van der Waals surface area contributed by atoms with E-state index in [9.17, 15) is 0 Å². The maximum Gasteiger partial charge on any atom is 0.260 e. The lowest BCUT2D eigenvalue weighted by atomic mass is 9.35. The molecule has 0 bridgehead atoms. The molecule has 0 saturated carbocycles. The molecule has 0 aromatic heterocycles. The van der Waals surface area contributed by atoms with Crippen molar-refractivity contribution in [1.29, 1.82) is 0 Å². The van der Waals surface area contributed by atoms with Crippen molar-refractivity contribution in [2.75, 3.05) is 22.9 Å². The Kier molecular flexibility index (Phi) is 7.99. The fraction of sp³-hybridized carbons (Fsp3) is 0.154. The molecule has 11 rings (SSSR count). The molecule has 0 unspecified atom stereocenters. The van der Waals surface area contributed by atoms with Crippen LogP contribution in [0, 0.1) is 0 Å². The van der Waals surface area contributed by atoms with E-state index in [0.717, 1.165) is 109 Å². The van der Waals surface area contributed by atoms with Crippen LogP contribution in [0.15, 0.2) is 174 Å². The Balaban J connectivity index is 0.935. The second-order valence-electron chi connectivity index (χ2n) is 17.3. The molecule has 286 valence electrons. The van der Waals surface area contributed by atoms with Crippen molar-refractivity contribution in [3.8, 4) is 45.3 Å². The predicted octanol–water partition coefficient (Wildman–Crippen LogP) is 9.84. The number of fused-ring (bicyclic) bond motifs is 4. The van der Waals surface area contributed by atoms with Gasteiger partial charge in [-0.15, -0.1) is 0 Å². The number of ether oxygens (including phenoxy) is 2. The van der Waals surface area contributed by atoms with Crippen LogP contribution in [-0.2, 0) is 0 Å². The molecular formula is C52H43BN4O2. The van der Waals surface area contributed by atoms with E-state index in [0.29, 0.717) is 0 Å². The average Bonchev–Trinajstić information content (AvgIpc) is 3.78. The molecule has 0 fully saturated rings. The average molecular weight is 767 g/mol. The van der Waals surface area contributed by atoms with Crippen LogP contribution in [0.25, 0.3) is 22.3 Å². The van der Waals surface area contributed by atoms with Gasteiger partial charge >= 0.3 is 0 Å². The van der Waals surface area contributed by atoms with Gasteiger partial charge in [0.25, 0.3) is 6.71 Å². The van der Waals surface area contributed by atoms with E-state index in [1.807, 2.05) is 6.07 Å². The monoisotopic (exact) mass is 766 g/mol. The van der Waals surface area contributed by atoms with E-state index in [4.69, 9.17) is 19.5 Å². The Hall–Kier alpha value is -6.86. The molecule has 6 nitrogen and oxygen atoms in total. The maximum atomic E-state index is 6.72. The van der Waals surface area contributed by atoms with Crippen LogP contribution in [0.2, 0.25) is 0 Å². The lowest BCUT2D eigenvalue weighted by molar-refractivity contribution is 0.464. The zero-order valence-electron chi connectivity index (χ0n) is 33.7. The van der Waals surface area contributed by atoms with Crippen molar-refractivity contribution in [1.82, 2.24) is 0 Å². The molecule has 59 heavy (non-hydrogen) atoms. The van der Waals surface area contributed by atoms with Crippen LogP contribution in [-0.4, -0.2) is 42.6 Å². The van der Waals surface area contributed by atoms with E-state index >= 15 is 0 Å². The van der Waals surface area contributed by atoms with Gasteiger partial charge in [0.15, 0.2) is 0 Å². The van der Waals surface area contributed by atoms with Crippen molar-refractivity contribution < 1.29 is 9.47 Å². The lowest BCUT2D eigenvalue weighted by Crippen LogP contribution is -2.57. The topological polar surface area (TPSA) is 49.7 Å².